The third-order valence-corrected chi connectivity index (χ3v) is 2.92. The van der Waals surface area contributed by atoms with E-state index in [4.69, 9.17) is 5.73 Å². The van der Waals surface area contributed by atoms with E-state index >= 15 is 0 Å². The molecule has 54 valence electrons. The molecular weight excluding hydrogens is 144 g/mol. The molecule has 2 rings (SSSR count). The van der Waals surface area contributed by atoms with Gasteiger partial charge in [-0.05, 0) is 19.8 Å². The molecule has 0 aromatic carbocycles. The minimum atomic E-state index is 0.729. The highest BCUT2D eigenvalue weighted by Gasteiger charge is 2.27. The van der Waals surface area contributed by atoms with Gasteiger partial charge in [0, 0.05) is 10.8 Å². The highest BCUT2D eigenvalue weighted by atomic mass is 32.1. The monoisotopic (exact) mass is 154 g/mol. The standard InChI is InChI=1S/C7H10N2S/c1-4-6(8)9-7(10-4)5-2-3-5/h5H,2-3,8H2,1H3. The Balaban J connectivity index is 2.34. The van der Waals surface area contributed by atoms with Crippen LogP contribution in [0.3, 0.4) is 0 Å². The van der Waals surface area contributed by atoms with Crippen molar-refractivity contribution >= 4 is 17.2 Å². The Morgan fingerprint density at radius 2 is 2.30 bits per heavy atom. The summed E-state index contributed by atoms with van der Waals surface area (Å²) < 4.78 is 0. The second-order valence-corrected chi connectivity index (χ2v) is 4.00. The minimum absolute atomic E-state index is 0.729. The highest BCUT2D eigenvalue weighted by Crippen LogP contribution is 2.42. The number of nitrogens with two attached hydrogens (primary N) is 1. The Hall–Kier alpha value is -0.570. The number of hydrogen-bond acceptors (Lipinski definition) is 3. The van der Waals surface area contributed by atoms with Gasteiger partial charge in [0.2, 0.25) is 0 Å². The third-order valence-electron chi connectivity index (χ3n) is 1.78. The Morgan fingerprint density at radius 3 is 2.70 bits per heavy atom. The molecule has 1 heterocycles. The maximum Gasteiger partial charge on any atom is 0.137 e. The molecule has 3 heteroatoms. The topological polar surface area (TPSA) is 38.9 Å². The van der Waals surface area contributed by atoms with E-state index in [1.54, 1.807) is 11.3 Å². The smallest absolute Gasteiger partial charge is 0.137 e. The van der Waals surface area contributed by atoms with Crippen molar-refractivity contribution in [2.45, 2.75) is 25.7 Å². The SMILES string of the molecule is Cc1sc(C2CC2)nc1N. The van der Waals surface area contributed by atoms with Crippen LogP contribution in [0.4, 0.5) is 5.82 Å². The van der Waals surface area contributed by atoms with Gasteiger partial charge in [-0.15, -0.1) is 11.3 Å². The maximum atomic E-state index is 5.61. The molecule has 0 bridgehead atoms. The van der Waals surface area contributed by atoms with Gasteiger partial charge in [0.25, 0.3) is 0 Å². The summed E-state index contributed by atoms with van der Waals surface area (Å²) in [6, 6.07) is 0. The Labute approximate surface area is 64.1 Å². The van der Waals surface area contributed by atoms with Crippen LogP contribution in [-0.2, 0) is 0 Å². The fraction of sp³-hybridized carbons (Fsp3) is 0.571. The summed E-state index contributed by atoms with van der Waals surface area (Å²) in [7, 11) is 0. The molecule has 2 N–H and O–H groups in total. The van der Waals surface area contributed by atoms with Crippen LogP contribution in [0.25, 0.3) is 0 Å². The largest absolute Gasteiger partial charge is 0.383 e. The van der Waals surface area contributed by atoms with E-state index in [0.29, 0.717) is 0 Å². The van der Waals surface area contributed by atoms with Crippen LogP contribution in [0.2, 0.25) is 0 Å². The summed E-state index contributed by atoms with van der Waals surface area (Å²) in [5, 5.41) is 1.25. The van der Waals surface area contributed by atoms with Crippen molar-refractivity contribution in [1.82, 2.24) is 4.98 Å². The summed E-state index contributed by atoms with van der Waals surface area (Å²) in [6.45, 7) is 2.03. The summed E-state index contributed by atoms with van der Waals surface area (Å²) >= 11 is 1.75. The molecule has 1 aliphatic carbocycles. The average Bonchev–Trinajstić information content (AvgIpc) is 2.64. The van der Waals surface area contributed by atoms with Gasteiger partial charge < -0.3 is 5.73 Å². The molecule has 10 heavy (non-hydrogen) atoms. The van der Waals surface area contributed by atoms with Crippen molar-refractivity contribution in [3.8, 4) is 0 Å². The van der Waals surface area contributed by atoms with Crippen LogP contribution in [0.15, 0.2) is 0 Å². The van der Waals surface area contributed by atoms with Crippen molar-refractivity contribution < 1.29 is 0 Å². The van der Waals surface area contributed by atoms with Crippen LogP contribution in [0, 0.1) is 6.92 Å². The van der Waals surface area contributed by atoms with E-state index < -0.39 is 0 Å². The molecule has 2 nitrogen and oxygen atoms in total. The summed E-state index contributed by atoms with van der Waals surface area (Å²) in [4.78, 5) is 5.44. The van der Waals surface area contributed by atoms with E-state index in [2.05, 4.69) is 4.98 Å². The van der Waals surface area contributed by atoms with Crippen LogP contribution < -0.4 is 5.73 Å². The van der Waals surface area contributed by atoms with E-state index in [1.807, 2.05) is 6.92 Å². The number of hydrogen-bond donors (Lipinski definition) is 1. The second-order valence-electron chi connectivity index (χ2n) is 2.77. The third kappa shape index (κ3) is 0.904. The zero-order chi connectivity index (χ0) is 7.14. The molecule has 0 radical (unpaired) electrons. The lowest BCUT2D eigenvalue weighted by atomic mass is 10.4. The molecule has 0 spiro atoms. The number of rotatable bonds is 1. The maximum absolute atomic E-state index is 5.61. The lowest BCUT2D eigenvalue weighted by Crippen LogP contribution is -1.86. The lowest BCUT2D eigenvalue weighted by molar-refractivity contribution is 1.09. The number of nitrogen functional groups attached to an aromatic ring is 1. The molecule has 0 atom stereocenters. The molecule has 0 aliphatic heterocycles. The molecular formula is C7H10N2S. The summed E-state index contributed by atoms with van der Waals surface area (Å²) in [5.74, 6) is 1.48. The van der Waals surface area contributed by atoms with Crippen molar-refractivity contribution in [2.24, 2.45) is 0 Å². The quantitative estimate of drug-likeness (QED) is 0.671. The van der Waals surface area contributed by atoms with Gasteiger partial charge >= 0.3 is 0 Å². The molecule has 0 amide bonds. The normalized spacial score (nSPS) is 17.7. The first-order chi connectivity index (χ1) is 4.77. The zero-order valence-electron chi connectivity index (χ0n) is 5.92. The second kappa shape index (κ2) is 1.95. The molecule has 0 unspecified atom stereocenters. The van der Waals surface area contributed by atoms with Gasteiger partial charge in [0.15, 0.2) is 0 Å². The van der Waals surface area contributed by atoms with Crippen molar-refractivity contribution in [1.29, 1.82) is 0 Å². The van der Waals surface area contributed by atoms with Gasteiger partial charge in [0.1, 0.15) is 5.82 Å². The highest BCUT2D eigenvalue weighted by molar-refractivity contribution is 7.12. The molecule has 0 saturated heterocycles. The minimum Gasteiger partial charge on any atom is -0.383 e. The Morgan fingerprint density at radius 1 is 1.60 bits per heavy atom. The van der Waals surface area contributed by atoms with Crippen LogP contribution in [0.1, 0.15) is 28.6 Å². The number of anilines is 1. The van der Waals surface area contributed by atoms with Crippen LogP contribution in [0.5, 0.6) is 0 Å². The summed E-state index contributed by atoms with van der Waals surface area (Å²) in [6.07, 6.45) is 2.62. The van der Waals surface area contributed by atoms with Crippen molar-refractivity contribution in [3.63, 3.8) is 0 Å². The van der Waals surface area contributed by atoms with Crippen molar-refractivity contribution in [2.75, 3.05) is 5.73 Å². The summed E-state index contributed by atoms with van der Waals surface area (Å²) in [5.41, 5.74) is 5.61. The van der Waals surface area contributed by atoms with Crippen molar-refractivity contribution in [3.05, 3.63) is 9.88 Å². The fourth-order valence-corrected chi connectivity index (χ4v) is 1.94. The van der Waals surface area contributed by atoms with E-state index in [-0.39, 0.29) is 0 Å². The van der Waals surface area contributed by atoms with Crippen LogP contribution >= 0.6 is 11.3 Å². The molecule has 1 aliphatic rings. The molecule has 1 aromatic rings. The lowest BCUT2D eigenvalue weighted by Gasteiger charge is -1.82. The van der Waals surface area contributed by atoms with Gasteiger partial charge in [-0.1, -0.05) is 0 Å². The number of aryl methyl sites for hydroxylation is 1. The predicted molar refractivity (Wildman–Crippen MR) is 43.2 cm³/mol. The van der Waals surface area contributed by atoms with Gasteiger partial charge in [-0.3, -0.25) is 0 Å². The first kappa shape index (κ1) is 6.16. The first-order valence-corrected chi connectivity index (χ1v) is 4.32. The Kier molecular flexibility index (Phi) is 1.20. The number of aromatic nitrogens is 1. The van der Waals surface area contributed by atoms with E-state index in [0.717, 1.165) is 11.7 Å². The molecule has 1 aromatic heterocycles. The number of thiazole rings is 1. The molecule has 1 fully saturated rings. The number of nitrogens with zero attached hydrogens (tertiary/aromatic N) is 1. The average molecular weight is 154 g/mol. The van der Waals surface area contributed by atoms with Crippen LogP contribution in [-0.4, -0.2) is 4.98 Å². The van der Waals surface area contributed by atoms with Gasteiger partial charge in [-0.2, -0.15) is 0 Å². The van der Waals surface area contributed by atoms with Gasteiger partial charge in [0.05, 0.1) is 5.01 Å². The molecule has 1 saturated carbocycles. The predicted octanol–water partition coefficient (Wildman–Crippen LogP) is 1.91. The fourth-order valence-electron chi connectivity index (χ4n) is 0.934. The first-order valence-electron chi connectivity index (χ1n) is 3.50. The van der Waals surface area contributed by atoms with E-state index in [9.17, 15) is 0 Å². The van der Waals surface area contributed by atoms with E-state index in [1.165, 1.54) is 22.7 Å². The zero-order valence-corrected chi connectivity index (χ0v) is 6.74. The Bertz CT molecular complexity index is 231. The van der Waals surface area contributed by atoms with Gasteiger partial charge in [-0.25, -0.2) is 4.98 Å².